The van der Waals surface area contributed by atoms with E-state index in [-0.39, 0.29) is 31.1 Å². The van der Waals surface area contributed by atoms with Crippen LogP contribution < -0.4 is 0 Å². The van der Waals surface area contributed by atoms with E-state index in [0.717, 1.165) is 69.6 Å². The second-order valence-electron chi connectivity index (χ2n) is 21.1. The summed E-state index contributed by atoms with van der Waals surface area (Å²) in [6.45, 7) is 11.4. The maximum atomic E-state index is 12.8. The molecule has 6 nitrogen and oxygen atoms in total. The molecule has 0 aromatic rings. The summed E-state index contributed by atoms with van der Waals surface area (Å²) in [6, 6.07) is 0. The Morgan fingerprint density at radius 1 is 0.303 bits per heavy atom. The van der Waals surface area contributed by atoms with Gasteiger partial charge in [0.25, 0.3) is 0 Å². The average molecular weight is 934 g/mol. The predicted molar refractivity (Wildman–Crippen MR) is 284 cm³/mol. The average Bonchev–Trinajstić information content (AvgIpc) is 3.32. The van der Waals surface area contributed by atoms with E-state index in [4.69, 9.17) is 14.2 Å². The highest BCUT2D eigenvalue weighted by molar-refractivity contribution is 5.71. The molecule has 0 saturated heterocycles. The van der Waals surface area contributed by atoms with Crippen molar-refractivity contribution in [2.45, 2.75) is 343 Å². The van der Waals surface area contributed by atoms with Gasteiger partial charge in [-0.2, -0.15) is 0 Å². The van der Waals surface area contributed by atoms with Crippen molar-refractivity contribution in [3.63, 3.8) is 0 Å². The van der Waals surface area contributed by atoms with E-state index in [1.165, 1.54) is 225 Å². The number of hydrogen-bond acceptors (Lipinski definition) is 6. The van der Waals surface area contributed by atoms with E-state index < -0.39 is 6.10 Å². The van der Waals surface area contributed by atoms with Crippen molar-refractivity contribution < 1.29 is 28.6 Å². The van der Waals surface area contributed by atoms with Crippen molar-refractivity contribution in [3.05, 3.63) is 0 Å². The van der Waals surface area contributed by atoms with Crippen LogP contribution in [-0.2, 0) is 28.6 Å². The zero-order valence-corrected chi connectivity index (χ0v) is 45.3. The van der Waals surface area contributed by atoms with E-state index in [1.807, 2.05) is 0 Å². The summed E-state index contributed by atoms with van der Waals surface area (Å²) in [4.78, 5) is 38.1. The molecule has 66 heavy (non-hydrogen) atoms. The number of rotatable bonds is 54. The molecule has 0 rings (SSSR count). The fourth-order valence-electron chi connectivity index (χ4n) is 9.16. The normalized spacial score (nSPS) is 12.9. The van der Waals surface area contributed by atoms with Crippen molar-refractivity contribution in [2.75, 3.05) is 13.2 Å². The number of carbonyl (C=O) groups excluding carboxylic acids is 3. The standard InChI is InChI=1S/C60H116O6/c1-6-9-10-11-12-13-14-15-16-22-26-29-32-35-42-47-52-60(63)66-57(54-65-59(62)51-46-41-37-36-39-44-49-56(5)8-3)53-64-58(61)50-45-40-34-31-28-25-23-20-18-17-19-21-24-27-30-33-38-43-48-55(4)7-2/h55-57H,6-54H2,1-5H3/t55?,56?,57-/m1/s1. The molecule has 3 atom stereocenters. The maximum absolute atomic E-state index is 12.8. The van der Waals surface area contributed by atoms with Gasteiger partial charge in [0.2, 0.25) is 0 Å². The van der Waals surface area contributed by atoms with Gasteiger partial charge in [-0.3, -0.25) is 14.4 Å². The molecule has 0 aliphatic heterocycles. The Hall–Kier alpha value is -1.59. The van der Waals surface area contributed by atoms with Crippen molar-refractivity contribution in [3.8, 4) is 0 Å². The van der Waals surface area contributed by atoms with Gasteiger partial charge in [-0.05, 0) is 31.1 Å². The van der Waals surface area contributed by atoms with Crippen molar-refractivity contribution in [2.24, 2.45) is 11.8 Å². The second-order valence-corrected chi connectivity index (χ2v) is 21.1. The third-order valence-corrected chi connectivity index (χ3v) is 14.4. The first-order chi connectivity index (χ1) is 32.3. The van der Waals surface area contributed by atoms with Crippen LogP contribution in [0.25, 0.3) is 0 Å². The molecule has 0 spiro atoms. The van der Waals surface area contributed by atoms with Crippen LogP contribution in [0.3, 0.4) is 0 Å². The molecule has 0 heterocycles. The fraction of sp³-hybridized carbons (Fsp3) is 0.950. The van der Waals surface area contributed by atoms with Gasteiger partial charge in [0.15, 0.2) is 6.10 Å². The Kier molecular flexibility index (Phi) is 51.5. The third kappa shape index (κ3) is 50.3. The zero-order chi connectivity index (χ0) is 48.2. The van der Waals surface area contributed by atoms with E-state index >= 15 is 0 Å². The number of unbranched alkanes of at least 4 members (excludes halogenated alkanes) is 37. The van der Waals surface area contributed by atoms with Crippen LogP contribution in [-0.4, -0.2) is 37.2 Å². The highest BCUT2D eigenvalue weighted by atomic mass is 16.6. The molecule has 0 aliphatic rings. The summed E-state index contributed by atoms with van der Waals surface area (Å²) in [5.74, 6) is 0.882. The fourth-order valence-corrected chi connectivity index (χ4v) is 9.16. The van der Waals surface area contributed by atoms with Gasteiger partial charge >= 0.3 is 17.9 Å². The summed E-state index contributed by atoms with van der Waals surface area (Å²) in [5.41, 5.74) is 0. The highest BCUT2D eigenvalue weighted by Gasteiger charge is 2.19. The topological polar surface area (TPSA) is 78.9 Å². The van der Waals surface area contributed by atoms with Crippen molar-refractivity contribution >= 4 is 17.9 Å². The first-order valence-corrected chi connectivity index (χ1v) is 29.8. The first-order valence-electron chi connectivity index (χ1n) is 29.8. The summed E-state index contributed by atoms with van der Waals surface area (Å²) in [5, 5.41) is 0. The van der Waals surface area contributed by atoms with Gasteiger partial charge in [-0.1, -0.05) is 298 Å². The van der Waals surface area contributed by atoms with Crippen molar-refractivity contribution in [1.29, 1.82) is 0 Å². The van der Waals surface area contributed by atoms with Crippen LogP contribution in [0.1, 0.15) is 336 Å². The van der Waals surface area contributed by atoms with Gasteiger partial charge in [-0.15, -0.1) is 0 Å². The lowest BCUT2D eigenvalue weighted by atomic mass is 9.99. The van der Waals surface area contributed by atoms with E-state index in [9.17, 15) is 14.4 Å². The Balaban J connectivity index is 4.20. The van der Waals surface area contributed by atoms with Crippen LogP contribution in [0.15, 0.2) is 0 Å². The maximum Gasteiger partial charge on any atom is 0.306 e. The molecular weight excluding hydrogens is 817 g/mol. The minimum Gasteiger partial charge on any atom is -0.462 e. The third-order valence-electron chi connectivity index (χ3n) is 14.4. The summed E-state index contributed by atoms with van der Waals surface area (Å²) in [6.07, 6.45) is 56.7. The predicted octanol–water partition coefficient (Wildman–Crippen LogP) is 19.7. The lowest BCUT2D eigenvalue weighted by molar-refractivity contribution is -0.167. The number of carbonyl (C=O) groups is 3. The zero-order valence-electron chi connectivity index (χ0n) is 45.3. The van der Waals surface area contributed by atoms with E-state index in [0.29, 0.717) is 19.3 Å². The monoisotopic (exact) mass is 933 g/mol. The lowest BCUT2D eigenvalue weighted by Crippen LogP contribution is -2.30. The summed E-state index contributed by atoms with van der Waals surface area (Å²) < 4.78 is 16.9. The minimum absolute atomic E-state index is 0.0633. The largest absolute Gasteiger partial charge is 0.462 e. The molecule has 0 radical (unpaired) electrons. The highest BCUT2D eigenvalue weighted by Crippen LogP contribution is 2.19. The molecule has 0 aromatic heterocycles. The Morgan fingerprint density at radius 3 is 0.788 bits per heavy atom. The van der Waals surface area contributed by atoms with Crippen LogP contribution in [0.5, 0.6) is 0 Å². The van der Waals surface area contributed by atoms with Crippen molar-refractivity contribution in [1.82, 2.24) is 0 Å². The number of ether oxygens (including phenoxy) is 3. The second kappa shape index (κ2) is 52.8. The van der Waals surface area contributed by atoms with Gasteiger partial charge in [0.05, 0.1) is 0 Å². The van der Waals surface area contributed by atoms with Gasteiger partial charge < -0.3 is 14.2 Å². The molecule has 392 valence electrons. The van der Waals surface area contributed by atoms with E-state index in [1.54, 1.807) is 0 Å². The Morgan fingerprint density at radius 2 is 0.530 bits per heavy atom. The van der Waals surface area contributed by atoms with Crippen LogP contribution >= 0.6 is 0 Å². The number of esters is 3. The lowest BCUT2D eigenvalue weighted by Gasteiger charge is -2.18. The minimum atomic E-state index is -0.763. The molecule has 0 bridgehead atoms. The van der Waals surface area contributed by atoms with E-state index in [2.05, 4.69) is 34.6 Å². The SMILES string of the molecule is CCCCCCCCCCCCCCCCCCC(=O)O[C@H](COC(=O)CCCCCCCCCCCCCCCCCCCCC(C)CC)COC(=O)CCCCCCCCC(C)CC. The molecule has 0 N–H and O–H groups in total. The smallest absolute Gasteiger partial charge is 0.306 e. The molecular formula is C60H116O6. The molecule has 0 amide bonds. The quantitative estimate of drug-likeness (QED) is 0.0343. The molecule has 0 saturated carbocycles. The van der Waals surface area contributed by atoms with Gasteiger partial charge in [0, 0.05) is 19.3 Å². The summed E-state index contributed by atoms with van der Waals surface area (Å²) >= 11 is 0. The molecule has 2 unspecified atom stereocenters. The molecule has 0 aromatic carbocycles. The van der Waals surface area contributed by atoms with Crippen LogP contribution in [0, 0.1) is 11.8 Å². The molecule has 0 aliphatic carbocycles. The molecule has 6 heteroatoms. The first kappa shape index (κ1) is 64.4. The number of hydrogen-bond donors (Lipinski definition) is 0. The van der Waals surface area contributed by atoms with Gasteiger partial charge in [0.1, 0.15) is 13.2 Å². The Bertz CT molecular complexity index is 1010. The Labute approximate surface area is 412 Å². The van der Waals surface area contributed by atoms with Gasteiger partial charge in [-0.25, -0.2) is 0 Å². The van der Waals surface area contributed by atoms with Crippen LogP contribution in [0.4, 0.5) is 0 Å². The van der Waals surface area contributed by atoms with Crippen LogP contribution in [0.2, 0.25) is 0 Å². The molecule has 0 fully saturated rings. The summed E-state index contributed by atoms with van der Waals surface area (Å²) in [7, 11) is 0.